The molecule has 4 rings (SSSR count). The van der Waals surface area contributed by atoms with Crippen molar-refractivity contribution in [1.29, 1.82) is 0 Å². The van der Waals surface area contributed by atoms with Crippen LogP contribution in [0.2, 0.25) is 0 Å². The summed E-state index contributed by atoms with van der Waals surface area (Å²) in [5.74, 6) is -1.19. The smallest absolute Gasteiger partial charge is 0.407 e. The van der Waals surface area contributed by atoms with Crippen LogP contribution >= 0.6 is 0 Å². The Morgan fingerprint density at radius 2 is 1.51 bits per heavy atom. The lowest BCUT2D eigenvalue weighted by Gasteiger charge is -2.39. The summed E-state index contributed by atoms with van der Waals surface area (Å²) >= 11 is 0. The number of rotatable bonds is 10. The van der Waals surface area contributed by atoms with E-state index in [0.29, 0.717) is 12.0 Å². The van der Waals surface area contributed by atoms with Crippen molar-refractivity contribution < 1.29 is 29.3 Å². The van der Waals surface area contributed by atoms with Crippen LogP contribution in [0.4, 0.5) is 4.79 Å². The third-order valence-electron chi connectivity index (χ3n) is 7.79. The van der Waals surface area contributed by atoms with Gasteiger partial charge in [-0.05, 0) is 27.7 Å². The number of carbonyl (C=O) groups excluding carboxylic acids is 3. The zero-order chi connectivity index (χ0) is 31.2. The zero-order valence-corrected chi connectivity index (χ0v) is 25.1. The average Bonchev–Trinajstić information content (AvgIpc) is 3.30. The number of nitrogens with zero attached hydrogens (tertiary/aromatic N) is 1. The maximum absolute atomic E-state index is 14.2. The molecule has 0 heterocycles. The Morgan fingerprint density at radius 1 is 0.930 bits per heavy atom. The SMILES string of the molecule is COC(=O)N[C@H](C(=O)N(Cc1ccccc1)C[C@](O)(Cc1ccccc1)C(=O)N[C@H]1c2ccccc2C[C@H]1O)C(C)(C)C. The van der Waals surface area contributed by atoms with Crippen molar-refractivity contribution in [2.24, 2.45) is 5.41 Å². The van der Waals surface area contributed by atoms with E-state index in [-0.39, 0.29) is 19.5 Å². The second kappa shape index (κ2) is 13.4. The lowest BCUT2D eigenvalue weighted by atomic mass is 9.85. The molecule has 9 heteroatoms. The van der Waals surface area contributed by atoms with Crippen molar-refractivity contribution in [3.05, 3.63) is 107 Å². The first-order valence-electron chi connectivity index (χ1n) is 14.4. The van der Waals surface area contributed by atoms with Crippen LogP contribution in [-0.2, 0) is 33.7 Å². The molecule has 4 atom stereocenters. The van der Waals surface area contributed by atoms with Gasteiger partial charge in [-0.1, -0.05) is 106 Å². The number of benzene rings is 3. The van der Waals surface area contributed by atoms with E-state index in [1.165, 1.54) is 12.0 Å². The first-order valence-corrected chi connectivity index (χ1v) is 14.4. The molecule has 0 aliphatic heterocycles. The first kappa shape index (κ1) is 31.7. The zero-order valence-electron chi connectivity index (χ0n) is 25.1. The van der Waals surface area contributed by atoms with Crippen LogP contribution in [0.3, 0.4) is 0 Å². The summed E-state index contributed by atoms with van der Waals surface area (Å²) < 4.78 is 4.80. The standard InChI is InChI=1S/C34H41N3O6/c1-33(2,3)29(36-32(41)43-4)30(39)37(21-24-15-9-6-10-16-24)22-34(42,20-23-13-7-5-8-14-23)31(40)35-28-26-18-12-11-17-25(26)19-27(28)38/h5-18,27-29,38,42H,19-22H2,1-4H3,(H,35,40)(H,36,41)/t27-,28+,29-,34-/m1/s1. The number of ether oxygens (including phenoxy) is 1. The Balaban J connectivity index is 1.72. The number of hydrogen-bond donors (Lipinski definition) is 4. The summed E-state index contributed by atoms with van der Waals surface area (Å²) in [6.45, 7) is 5.14. The van der Waals surface area contributed by atoms with E-state index in [9.17, 15) is 24.6 Å². The highest BCUT2D eigenvalue weighted by atomic mass is 16.5. The molecule has 0 saturated heterocycles. The van der Waals surface area contributed by atoms with E-state index in [1.807, 2.05) is 93.6 Å². The van der Waals surface area contributed by atoms with Gasteiger partial charge in [0.05, 0.1) is 25.8 Å². The number of hydrogen-bond acceptors (Lipinski definition) is 6. The molecule has 9 nitrogen and oxygen atoms in total. The maximum Gasteiger partial charge on any atom is 0.407 e. The van der Waals surface area contributed by atoms with Crippen molar-refractivity contribution in [1.82, 2.24) is 15.5 Å². The van der Waals surface area contributed by atoms with Crippen molar-refractivity contribution in [2.75, 3.05) is 13.7 Å². The van der Waals surface area contributed by atoms with Gasteiger partial charge >= 0.3 is 6.09 Å². The average molecular weight is 588 g/mol. The van der Waals surface area contributed by atoms with E-state index >= 15 is 0 Å². The number of aliphatic hydroxyl groups excluding tert-OH is 1. The van der Waals surface area contributed by atoms with Crippen LogP contribution in [0.5, 0.6) is 0 Å². The van der Waals surface area contributed by atoms with Crippen molar-refractivity contribution in [3.8, 4) is 0 Å². The highest BCUT2D eigenvalue weighted by molar-refractivity contribution is 5.89. The number of nitrogens with one attached hydrogen (secondary N) is 2. The van der Waals surface area contributed by atoms with Gasteiger partial charge in [0.25, 0.3) is 5.91 Å². The second-order valence-electron chi connectivity index (χ2n) is 12.2. The molecule has 0 fully saturated rings. The fourth-order valence-electron chi connectivity index (χ4n) is 5.50. The van der Waals surface area contributed by atoms with Crippen LogP contribution < -0.4 is 10.6 Å². The minimum absolute atomic E-state index is 0.0778. The number of carbonyl (C=O) groups is 3. The van der Waals surface area contributed by atoms with E-state index in [4.69, 9.17) is 4.74 Å². The molecule has 228 valence electrons. The van der Waals surface area contributed by atoms with Crippen molar-refractivity contribution in [2.45, 2.75) is 63.9 Å². The van der Waals surface area contributed by atoms with Gasteiger partial charge in [0, 0.05) is 19.4 Å². The van der Waals surface area contributed by atoms with E-state index in [1.54, 1.807) is 12.1 Å². The number of alkyl carbamates (subject to hydrolysis) is 1. The topological polar surface area (TPSA) is 128 Å². The minimum Gasteiger partial charge on any atom is -0.453 e. The summed E-state index contributed by atoms with van der Waals surface area (Å²) in [7, 11) is 1.22. The van der Waals surface area contributed by atoms with Gasteiger partial charge in [0.2, 0.25) is 5.91 Å². The molecule has 0 spiro atoms. The fraction of sp³-hybridized carbons (Fsp3) is 0.382. The molecule has 0 saturated carbocycles. The lowest BCUT2D eigenvalue weighted by molar-refractivity contribution is -0.150. The van der Waals surface area contributed by atoms with Gasteiger partial charge < -0.3 is 30.5 Å². The van der Waals surface area contributed by atoms with Crippen molar-refractivity contribution in [3.63, 3.8) is 0 Å². The Labute approximate surface area is 252 Å². The van der Waals surface area contributed by atoms with Gasteiger partial charge in [-0.25, -0.2) is 4.79 Å². The van der Waals surface area contributed by atoms with Crippen LogP contribution in [0, 0.1) is 5.41 Å². The monoisotopic (exact) mass is 587 g/mol. The normalized spacial score (nSPS) is 18.1. The van der Waals surface area contributed by atoms with Crippen LogP contribution in [0.15, 0.2) is 84.9 Å². The Morgan fingerprint density at radius 3 is 2.12 bits per heavy atom. The molecule has 43 heavy (non-hydrogen) atoms. The molecule has 1 aliphatic rings. The fourth-order valence-corrected chi connectivity index (χ4v) is 5.50. The third kappa shape index (κ3) is 7.80. The number of methoxy groups -OCH3 is 1. The summed E-state index contributed by atoms with van der Waals surface area (Å²) in [5.41, 5.74) is 0.380. The molecule has 3 aromatic carbocycles. The summed E-state index contributed by atoms with van der Waals surface area (Å²) in [5, 5.41) is 28.6. The molecule has 3 amide bonds. The minimum atomic E-state index is -2.09. The van der Waals surface area contributed by atoms with Crippen LogP contribution in [-0.4, -0.2) is 64.4 Å². The molecule has 3 aromatic rings. The number of amides is 3. The number of aliphatic hydroxyl groups is 2. The molecule has 1 aliphatic carbocycles. The largest absolute Gasteiger partial charge is 0.453 e. The predicted molar refractivity (Wildman–Crippen MR) is 163 cm³/mol. The molecule has 0 bridgehead atoms. The second-order valence-corrected chi connectivity index (χ2v) is 12.2. The molecular weight excluding hydrogens is 546 g/mol. The lowest BCUT2D eigenvalue weighted by Crippen LogP contribution is -2.61. The van der Waals surface area contributed by atoms with Gasteiger partial charge in [-0.3, -0.25) is 9.59 Å². The van der Waals surface area contributed by atoms with Gasteiger partial charge in [0.15, 0.2) is 5.60 Å². The van der Waals surface area contributed by atoms with E-state index < -0.39 is 47.1 Å². The van der Waals surface area contributed by atoms with Crippen LogP contribution in [0.25, 0.3) is 0 Å². The highest BCUT2D eigenvalue weighted by Crippen LogP contribution is 2.32. The van der Waals surface area contributed by atoms with Gasteiger partial charge in [-0.2, -0.15) is 0 Å². The molecule has 0 aromatic heterocycles. The van der Waals surface area contributed by atoms with E-state index in [0.717, 1.165) is 16.7 Å². The van der Waals surface area contributed by atoms with E-state index in [2.05, 4.69) is 10.6 Å². The Kier molecular flexibility index (Phi) is 9.88. The highest BCUT2D eigenvalue weighted by Gasteiger charge is 2.45. The molecular formula is C34H41N3O6. The molecule has 0 radical (unpaired) electrons. The maximum atomic E-state index is 14.2. The van der Waals surface area contributed by atoms with Crippen LogP contribution in [0.1, 0.15) is 49.1 Å². The Bertz CT molecular complexity index is 1410. The number of fused-ring (bicyclic) bond motifs is 1. The Hall–Kier alpha value is -4.21. The summed E-state index contributed by atoms with van der Waals surface area (Å²) in [6, 6.07) is 24.1. The summed E-state index contributed by atoms with van der Waals surface area (Å²) in [6.07, 6.45) is -1.34. The third-order valence-corrected chi connectivity index (χ3v) is 7.79. The summed E-state index contributed by atoms with van der Waals surface area (Å²) in [4.78, 5) is 42.0. The quantitative estimate of drug-likeness (QED) is 0.287. The van der Waals surface area contributed by atoms with Gasteiger partial charge in [-0.15, -0.1) is 0 Å². The molecule has 4 N–H and O–H groups in total. The van der Waals surface area contributed by atoms with Gasteiger partial charge in [0.1, 0.15) is 6.04 Å². The first-order chi connectivity index (χ1) is 20.4. The predicted octanol–water partition coefficient (Wildman–Crippen LogP) is 3.53. The van der Waals surface area contributed by atoms with Crippen molar-refractivity contribution >= 4 is 17.9 Å². The molecule has 0 unspecified atom stereocenters.